The van der Waals surface area contributed by atoms with Crippen molar-refractivity contribution in [2.45, 2.75) is 38.7 Å². The average Bonchev–Trinajstić information content (AvgIpc) is 2.34. The van der Waals surface area contributed by atoms with E-state index >= 15 is 0 Å². The van der Waals surface area contributed by atoms with Crippen LogP contribution >= 0.6 is 0 Å². The van der Waals surface area contributed by atoms with Crippen LogP contribution in [-0.2, 0) is 0 Å². The third kappa shape index (κ3) is 2.57. The van der Waals surface area contributed by atoms with Crippen LogP contribution in [0.5, 0.6) is 0 Å². The maximum absolute atomic E-state index is 12.5. The molecule has 0 unspecified atom stereocenters. The van der Waals surface area contributed by atoms with Gasteiger partial charge in [0.05, 0.1) is 0 Å². The first-order chi connectivity index (χ1) is 5.93. The topological polar surface area (TPSA) is 15.3 Å². The highest BCUT2D eigenvalue weighted by Crippen LogP contribution is 2.28. The van der Waals surface area contributed by atoms with Gasteiger partial charge in [-0.15, -0.1) is 0 Å². The van der Waals surface area contributed by atoms with Crippen molar-refractivity contribution in [1.29, 1.82) is 0 Å². The third-order valence-corrected chi connectivity index (χ3v) is 2.28. The quantitative estimate of drug-likeness (QED) is 0.674. The monoisotopic (exact) mass is 196 g/mol. The molecule has 1 heterocycles. The lowest BCUT2D eigenvalue weighted by atomic mass is 10.2. The van der Waals surface area contributed by atoms with Crippen molar-refractivity contribution in [2.75, 3.05) is 13.1 Å². The molecular weight excluding hydrogens is 181 g/mol. The number of hydrogen-bond donors (Lipinski definition) is 1. The average molecular weight is 196 g/mol. The van der Waals surface area contributed by atoms with E-state index < -0.39 is 12.3 Å². The van der Waals surface area contributed by atoms with E-state index in [1.165, 1.54) is 0 Å². The van der Waals surface area contributed by atoms with E-state index in [2.05, 4.69) is 5.32 Å². The van der Waals surface area contributed by atoms with Crippen LogP contribution in [0.4, 0.5) is 13.2 Å². The summed E-state index contributed by atoms with van der Waals surface area (Å²) < 4.78 is 37.6. The largest absolute Gasteiger partial charge is 0.460 e. The summed E-state index contributed by atoms with van der Waals surface area (Å²) in [6.07, 6.45) is -3.62. The zero-order chi connectivity index (χ0) is 10.1. The molecule has 2 nitrogen and oxygen atoms in total. The van der Waals surface area contributed by atoms with E-state index in [1.54, 1.807) is 13.8 Å². The molecule has 1 aliphatic rings. The van der Waals surface area contributed by atoms with Gasteiger partial charge in [0.25, 0.3) is 0 Å². The Morgan fingerprint density at radius 1 is 1.38 bits per heavy atom. The van der Waals surface area contributed by atoms with Gasteiger partial charge in [0.2, 0.25) is 0 Å². The molecule has 1 N–H and O–H groups in total. The molecule has 1 rings (SSSR count). The molecule has 1 saturated heterocycles. The number of hydrogen-bond acceptors (Lipinski definition) is 2. The van der Waals surface area contributed by atoms with Crippen LogP contribution in [0.15, 0.2) is 0 Å². The van der Waals surface area contributed by atoms with Gasteiger partial charge in [-0.1, -0.05) is 0 Å². The number of halogens is 3. The highest BCUT2D eigenvalue weighted by molar-refractivity contribution is 4.83. The second-order valence-corrected chi connectivity index (χ2v) is 3.62. The van der Waals surface area contributed by atoms with Gasteiger partial charge in [0.15, 0.2) is 0 Å². The summed E-state index contributed by atoms with van der Waals surface area (Å²) in [7, 11) is 0. The summed E-state index contributed by atoms with van der Waals surface area (Å²) in [4.78, 5) is 0.632. The first-order valence-electron chi connectivity index (χ1n) is 4.49. The van der Waals surface area contributed by atoms with Crippen LogP contribution < -0.4 is 5.32 Å². The lowest BCUT2D eigenvalue weighted by Crippen LogP contribution is -2.50. The minimum atomic E-state index is -4.20. The molecule has 0 spiro atoms. The SMILES string of the molecule is CC(C)N([C@@H]1CCNC1)C(F)(F)F. The number of rotatable bonds is 2. The first-order valence-corrected chi connectivity index (χ1v) is 4.49. The second kappa shape index (κ2) is 3.84. The molecule has 0 aromatic heterocycles. The number of nitrogens with zero attached hydrogens (tertiary/aromatic N) is 1. The van der Waals surface area contributed by atoms with Crippen molar-refractivity contribution in [2.24, 2.45) is 0 Å². The fraction of sp³-hybridized carbons (Fsp3) is 1.00. The molecule has 0 saturated carbocycles. The van der Waals surface area contributed by atoms with Crippen LogP contribution in [-0.4, -0.2) is 36.4 Å². The Kier molecular flexibility index (Phi) is 3.18. The zero-order valence-corrected chi connectivity index (χ0v) is 7.86. The molecule has 0 aliphatic carbocycles. The Bertz CT molecular complexity index is 161. The fourth-order valence-electron chi connectivity index (χ4n) is 1.80. The highest BCUT2D eigenvalue weighted by Gasteiger charge is 2.44. The van der Waals surface area contributed by atoms with Crippen molar-refractivity contribution >= 4 is 0 Å². The summed E-state index contributed by atoms with van der Waals surface area (Å²) in [5, 5.41) is 2.94. The molecule has 0 radical (unpaired) electrons. The van der Waals surface area contributed by atoms with Gasteiger partial charge >= 0.3 is 6.30 Å². The predicted octanol–water partition coefficient (Wildman–Crippen LogP) is 1.58. The Hall–Kier alpha value is -0.290. The minimum absolute atomic E-state index is 0.389. The number of alkyl halides is 3. The molecular formula is C8H15F3N2. The molecule has 1 atom stereocenters. The molecule has 5 heteroatoms. The van der Waals surface area contributed by atoms with Crippen molar-refractivity contribution in [3.05, 3.63) is 0 Å². The van der Waals surface area contributed by atoms with Gasteiger partial charge in [-0.25, -0.2) is 4.90 Å². The Labute approximate surface area is 76.1 Å². The fourth-order valence-corrected chi connectivity index (χ4v) is 1.80. The van der Waals surface area contributed by atoms with Gasteiger partial charge < -0.3 is 5.32 Å². The molecule has 13 heavy (non-hydrogen) atoms. The van der Waals surface area contributed by atoms with Crippen LogP contribution in [0.2, 0.25) is 0 Å². The molecule has 0 bridgehead atoms. The van der Waals surface area contributed by atoms with Crippen LogP contribution in [0.25, 0.3) is 0 Å². The van der Waals surface area contributed by atoms with Gasteiger partial charge in [-0.05, 0) is 26.8 Å². The maximum atomic E-state index is 12.5. The van der Waals surface area contributed by atoms with Crippen LogP contribution in [0, 0.1) is 0 Å². The Balaban J connectivity index is 2.67. The summed E-state index contributed by atoms with van der Waals surface area (Å²) >= 11 is 0. The van der Waals surface area contributed by atoms with E-state index in [4.69, 9.17) is 0 Å². The summed E-state index contributed by atoms with van der Waals surface area (Å²) in [5.41, 5.74) is 0. The van der Waals surface area contributed by atoms with Gasteiger partial charge in [-0.3, -0.25) is 0 Å². The molecule has 0 aromatic rings. The Morgan fingerprint density at radius 2 is 2.00 bits per heavy atom. The molecule has 0 aromatic carbocycles. The molecule has 78 valence electrons. The van der Waals surface area contributed by atoms with Crippen molar-refractivity contribution < 1.29 is 13.2 Å². The van der Waals surface area contributed by atoms with Crippen molar-refractivity contribution in [3.63, 3.8) is 0 Å². The Morgan fingerprint density at radius 3 is 2.31 bits per heavy atom. The number of nitrogens with one attached hydrogen (secondary N) is 1. The second-order valence-electron chi connectivity index (χ2n) is 3.62. The standard InChI is InChI=1S/C8H15F3N2/c1-6(2)13(8(9,10)11)7-3-4-12-5-7/h6-7,12H,3-5H2,1-2H3/t7-/m1/s1. The zero-order valence-electron chi connectivity index (χ0n) is 7.86. The normalized spacial score (nSPS) is 24.7. The van der Waals surface area contributed by atoms with Gasteiger partial charge in [0.1, 0.15) is 0 Å². The van der Waals surface area contributed by atoms with Crippen molar-refractivity contribution in [1.82, 2.24) is 10.2 Å². The van der Waals surface area contributed by atoms with E-state index in [9.17, 15) is 13.2 Å². The van der Waals surface area contributed by atoms with E-state index in [1.807, 2.05) is 0 Å². The summed E-state index contributed by atoms with van der Waals surface area (Å²) in [5.74, 6) is 0. The van der Waals surface area contributed by atoms with Gasteiger partial charge in [-0.2, -0.15) is 13.2 Å². The summed E-state index contributed by atoms with van der Waals surface area (Å²) in [6, 6.07) is -0.870. The molecule has 0 amide bonds. The van der Waals surface area contributed by atoms with E-state index in [0.29, 0.717) is 24.4 Å². The van der Waals surface area contributed by atoms with Crippen molar-refractivity contribution in [3.8, 4) is 0 Å². The smallest absolute Gasteiger partial charge is 0.315 e. The van der Waals surface area contributed by atoms with E-state index in [-0.39, 0.29) is 6.04 Å². The summed E-state index contributed by atoms with van der Waals surface area (Å²) in [6.45, 7) is 4.28. The maximum Gasteiger partial charge on any atom is 0.460 e. The lowest BCUT2D eigenvalue weighted by molar-refractivity contribution is -0.266. The van der Waals surface area contributed by atoms with Crippen LogP contribution in [0.3, 0.4) is 0 Å². The molecule has 1 aliphatic heterocycles. The predicted molar refractivity (Wildman–Crippen MR) is 44.3 cm³/mol. The third-order valence-electron chi connectivity index (χ3n) is 2.28. The molecule has 1 fully saturated rings. The first kappa shape index (κ1) is 10.8. The minimum Gasteiger partial charge on any atom is -0.315 e. The van der Waals surface area contributed by atoms with E-state index in [0.717, 1.165) is 0 Å². The lowest BCUT2D eigenvalue weighted by Gasteiger charge is -2.33. The highest BCUT2D eigenvalue weighted by atomic mass is 19.4. The van der Waals surface area contributed by atoms with Gasteiger partial charge in [0, 0.05) is 18.6 Å². The van der Waals surface area contributed by atoms with Crippen LogP contribution in [0.1, 0.15) is 20.3 Å².